The second-order valence-corrected chi connectivity index (χ2v) is 5.63. The van der Waals surface area contributed by atoms with Gasteiger partial charge in [-0.1, -0.05) is 0 Å². The fraction of sp³-hybridized carbons (Fsp3) is 0.250. The minimum Gasteiger partial charge on any atom is -0.493 e. The summed E-state index contributed by atoms with van der Waals surface area (Å²) in [5, 5.41) is 3.82. The standard InChI is InChI=1S/C20H19NO5/c1-23-17-7-12-5-14-9-19(25-3)20(26-4)16(10-21-11-22)15(14)6-13(12)8-18(17)24-2/h5-9H,10H2,1-4H3. The van der Waals surface area contributed by atoms with Gasteiger partial charge in [0.25, 0.3) is 0 Å². The van der Waals surface area contributed by atoms with Gasteiger partial charge in [-0.15, -0.1) is 0 Å². The Bertz CT molecular complexity index is 1020. The molecule has 0 aliphatic rings. The molecule has 0 spiro atoms. The summed E-state index contributed by atoms with van der Waals surface area (Å²) in [7, 11) is 6.34. The van der Waals surface area contributed by atoms with Gasteiger partial charge in [-0.3, -0.25) is 0 Å². The fourth-order valence-corrected chi connectivity index (χ4v) is 3.15. The first-order valence-corrected chi connectivity index (χ1v) is 7.93. The number of fused-ring (bicyclic) bond motifs is 2. The molecule has 3 aromatic rings. The van der Waals surface area contributed by atoms with Crippen LogP contribution in [0.25, 0.3) is 21.5 Å². The number of ether oxygens (including phenoxy) is 4. The Morgan fingerprint density at radius 1 is 0.769 bits per heavy atom. The van der Waals surface area contributed by atoms with Gasteiger partial charge in [0.05, 0.1) is 35.0 Å². The summed E-state index contributed by atoms with van der Waals surface area (Å²) in [6.07, 6.45) is 1.58. The lowest BCUT2D eigenvalue weighted by Crippen LogP contribution is -1.97. The molecular weight excluding hydrogens is 334 g/mol. The summed E-state index contributed by atoms with van der Waals surface area (Å²) >= 11 is 0. The van der Waals surface area contributed by atoms with Crippen molar-refractivity contribution >= 4 is 27.6 Å². The van der Waals surface area contributed by atoms with Crippen LogP contribution in [0.15, 0.2) is 35.3 Å². The van der Waals surface area contributed by atoms with Crippen LogP contribution in [0.3, 0.4) is 0 Å². The van der Waals surface area contributed by atoms with Crippen LogP contribution in [0.2, 0.25) is 0 Å². The highest BCUT2D eigenvalue weighted by atomic mass is 16.5. The summed E-state index contributed by atoms with van der Waals surface area (Å²) in [6.45, 7) is 0.152. The quantitative estimate of drug-likeness (QED) is 0.382. The average molecular weight is 353 g/mol. The summed E-state index contributed by atoms with van der Waals surface area (Å²) < 4.78 is 21.7. The molecule has 0 aliphatic heterocycles. The zero-order chi connectivity index (χ0) is 18.7. The van der Waals surface area contributed by atoms with Crippen LogP contribution < -0.4 is 18.9 Å². The van der Waals surface area contributed by atoms with E-state index >= 15 is 0 Å². The van der Waals surface area contributed by atoms with E-state index in [9.17, 15) is 4.79 Å². The van der Waals surface area contributed by atoms with E-state index < -0.39 is 0 Å². The van der Waals surface area contributed by atoms with E-state index in [4.69, 9.17) is 18.9 Å². The second kappa shape index (κ2) is 7.33. The number of carbonyl (C=O) groups excluding carboxylic acids is 1. The van der Waals surface area contributed by atoms with Gasteiger partial charge < -0.3 is 18.9 Å². The number of aliphatic imine (C=N–C) groups is 1. The highest BCUT2D eigenvalue weighted by Crippen LogP contribution is 2.41. The first-order chi connectivity index (χ1) is 12.7. The number of methoxy groups -OCH3 is 4. The van der Waals surface area contributed by atoms with E-state index in [1.165, 1.54) is 0 Å². The maximum absolute atomic E-state index is 10.6. The minimum atomic E-state index is 0.152. The summed E-state index contributed by atoms with van der Waals surface area (Å²) in [4.78, 5) is 14.4. The first kappa shape index (κ1) is 17.6. The molecule has 134 valence electrons. The molecule has 0 bridgehead atoms. The lowest BCUT2D eigenvalue weighted by atomic mass is 9.98. The van der Waals surface area contributed by atoms with Crippen molar-refractivity contribution in [3.63, 3.8) is 0 Å². The predicted octanol–water partition coefficient (Wildman–Crippen LogP) is 3.86. The third kappa shape index (κ3) is 2.91. The number of nitrogens with zero attached hydrogens (tertiary/aromatic N) is 1. The summed E-state index contributed by atoms with van der Waals surface area (Å²) in [5.41, 5.74) is 0.766. The smallest absolute Gasteiger partial charge is 0.235 e. The molecule has 6 heteroatoms. The van der Waals surface area contributed by atoms with Crippen molar-refractivity contribution in [1.29, 1.82) is 0 Å². The SMILES string of the molecule is COc1cc2cc3cc(OC)c(OC)c(CN=C=O)c3cc2cc1OC. The monoisotopic (exact) mass is 353 g/mol. The third-order valence-electron chi connectivity index (χ3n) is 4.35. The Labute approximate surface area is 150 Å². The molecule has 26 heavy (non-hydrogen) atoms. The lowest BCUT2D eigenvalue weighted by molar-refractivity contribution is 0.353. The number of isocyanates is 1. The van der Waals surface area contributed by atoms with E-state index in [0.717, 1.165) is 27.1 Å². The molecule has 0 amide bonds. The van der Waals surface area contributed by atoms with Crippen molar-refractivity contribution < 1.29 is 23.7 Å². The van der Waals surface area contributed by atoms with Gasteiger partial charge in [-0.25, -0.2) is 9.79 Å². The van der Waals surface area contributed by atoms with Crippen LogP contribution in [0.1, 0.15) is 5.56 Å². The van der Waals surface area contributed by atoms with Crippen molar-refractivity contribution in [2.75, 3.05) is 28.4 Å². The molecule has 0 saturated carbocycles. The van der Waals surface area contributed by atoms with Crippen LogP contribution in [0.5, 0.6) is 23.0 Å². The molecule has 0 aromatic heterocycles. The Morgan fingerprint density at radius 2 is 1.35 bits per heavy atom. The maximum Gasteiger partial charge on any atom is 0.235 e. The van der Waals surface area contributed by atoms with Crippen LogP contribution in [0.4, 0.5) is 0 Å². The molecule has 0 atom stereocenters. The molecule has 0 saturated heterocycles. The second-order valence-electron chi connectivity index (χ2n) is 5.63. The number of hydrogen-bond acceptors (Lipinski definition) is 6. The molecule has 3 rings (SSSR count). The van der Waals surface area contributed by atoms with Crippen LogP contribution in [-0.4, -0.2) is 34.5 Å². The van der Waals surface area contributed by atoms with Crippen molar-refractivity contribution in [1.82, 2.24) is 0 Å². The van der Waals surface area contributed by atoms with Crippen molar-refractivity contribution in [3.05, 3.63) is 35.9 Å². The molecule has 0 fully saturated rings. The average Bonchev–Trinajstić information content (AvgIpc) is 2.68. The molecule has 0 N–H and O–H groups in total. The van der Waals surface area contributed by atoms with Gasteiger partial charge in [0.1, 0.15) is 0 Å². The van der Waals surface area contributed by atoms with E-state index in [-0.39, 0.29) is 6.54 Å². The molecule has 6 nitrogen and oxygen atoms in total. The topological polar surface area (TPSA) is 66.3 Å². The molecule has 0 radical (unpaired) electrons. The van der Waals surface area contributed by atoms with Crippen molar-refractivity contribution in [2.45, 2.75) is 6.54 Å². The van der Waals surface area contributed by atoms with Crippen molar-refractivity contribution in [3.8, 4) is 23.0 Å². The van der Waals surface area contributed by atoms with E-state index in [0.29, 0.717) is 23.0 Å². The first-order valence-electron chi connectivity index (χ1n) is 7.93. The molecule has 0 heterocycles. The Morgan fingerprint density at radius 3 is 1.88 bits per heavy atom. The minimum absolute atomic E-state index is 0.152. The Kier molecular flexibility index (Phi) is 4.96. The van der Waals surface area contributed by atoms with Gasteiger partial charge in [0.2, 0.25) is 6.08 Å². The Hall–Kier alpha value is -3.24. The van der Waals surface area contributed by atoms with Gasteiger partial charge in [0, 0.05) is 5.56 Å². The highest BCUT2D eigenvalue weighted by Gasteiger charge is 2.16. The Balaban J connectivity index is 2.39. The zero-order valence-corrected chi connectivity index (χ0v) is 15.1. The van der Waals surface area contributed by atoms with Crippen LogP contribution in [0, 0.1) is 0 Å². The lowest BCUT2D eigenvalue weighted by Gasteiger charge is -2.16. The zero-order valence-electron chi connectivity index (χ0n) is 15.1. The van der Waals surface area contributed by atoms with Crippen LogP contribution in [-0.2, 0) is 11.3 Å². The summed E-state index contributed by atoms with van der Waals surface area (Å²) in [5.74, 6) is 2.44. The van der Waals surface area contributed by atoms with E-state index in [1.807, 2.05) is 30.3 Å². The maximum atomic E-state index is 10.6. The van der Waals surface area contributed by atoms with E-state index in [2.05, 4.69) is 4.99 Å². The van der Waals surface area contributed by atoms with Crippen molar-refractivity contribution in [2.24, 2.45) is 4.99 Å². The largest absolute Gasteiger partial charge is 0.493 e. The molecular formula is C20H19NO5. The number of rotatable bonds is 6. The summed E-state index contributed by atoms with van der Waals surface area (Å²) in [6, 6.07) is 9.79. The van der Waals surface area contributed by atoms with E-state index in [1.54, 1.807) is 34.5 Å². The predicted molar refractivity (Wildman–Crippen MR) is 99.5 cm³/mol. The number of hydrogen-bond donors (Lipinski definition) is 0. The van der Waals surface area contributed by atoms with Crippen LogP contribution >= 0.6 is 0 Å². The highest BCUT2D eigenvalue weighted by molar-refractivity contribution is 6.02. The van der Waals surface area contributed by atoms with Gasteiger partial charge in [0.15, 0.2) is 23.0 Å². The van der Waals surface area contributed by atoms with Gasteiger partial charge in [-0.2, -0.15) is 0 Å². The van der Waals surface area contributed by atoms with Gasteiger partial charge >= 0.3 is 0 Å². The number of benzene rings is 3. The fourth-order valence-electron chi connectivity index (χ4n) is 3.15. The van der Waals surface area contributed by atoms with Gasteiger partial charge in [-0.05, 0) is 51.9 Å². The molecule has 0 unspecified atom stereocenters. The molecule has 0 aliphatic carbocycles. The molecule has 3 aromatic carbocycles. The third-order valence-corrected chi connectivity index (χ3v) is 4.35. The normalized spacial score (nSPS) is 10.5.